The first-order valence-corrected chi connectivity index (χ1v) is 11.7. The molecule has 160 valence electrons. The number of benzene rings is 1. The van der Waals surface area contributed by atoms with Gasteiger partial charge in [0.1, 0.15) is 0 Å². The Morgan fingerprint density at radius 3 is 2.35 bits per heavy atom. The highest BCUT2D eigenvalue weighted by molar-refractivity contribution is 7.89. The number of rotatable bonds is 7. The number of carbonyl (C=O) groups excluding carboxylic acids is 1. The Kier molecular flexibility index (Phi) is 6.39. The Morgan fingerprint density at radius 2 is 1.65 bits per heavy atom. The molecule has 0 saturated carbocycles. The van der Waals surface area contributed by atoms with Gasteiger partial charge < -0.3 is 4.90 Å². The normalized spacial score (nSPS) is 14.5. The van der Waals surface area contributed by atoms with Crippen LogP contribution < -0.4 is 0 Å². The highest BCUT2D eigenvalue weighted by atomic mass is 32.2. The summed E-state index contributed by atoms with van der Waals surface area (Å²) in [5.74, 6) is -0.237. The van der Waals surface area contributed by atoms with Gasteiger partial charge in [0.25, 0.3) is 5.91 Å². The number of sulfonamides is 1. The van der Waals surface area contributed by atoms with Crippen LogP contribution in [0.3, 0.4) is 0 Å². The van der Waals surface area contributed by atoms with Crippen LogP contribution in [-0.2, 0) is 23.1 Å². The van der Waals surface area contributed by atoms with Crippen molar-refractivity contribution in [3.05, 3.63) is 90.0 Å². The number of aromatic nitrogens is 2. The molecule has 0 bridgehead atoms. The van der Waals surface area contributed by atoms with E-state index in [2.05, 4.69) is 9.97 Å². The van der Waals surface area contributed by atoms with Crippen molar-refractivity contribution >= 4 is 15.9 Å². The summed E-state index contributed by atoms with van der Waals surface area (Å²) in [7, 11) is -3.59. The Balaban J connectivity index is 1.63. The highest BCUT2D eigenvalue weighted by Gasteiger charge is 2.28. The molecule has 1 fully saturated rings. The van der Waals surface area contributed by atoms with Gasteiger partial charge in [0, 0.05) is 56.5 Å². The molecule has 1 aliphatic rings. The van der Waals surface area contributed by atoms with Crippen LogP contribution in [0.1, 0.15) is 34.3 Å². The number of carbonyl (C=O) groups is 1. The third kappa shape index (κ3) is 4.98. The summed E-state index contributed by atoms with van der Waals surface area (Å²) in [4.78, 5) is 23.4. The van der Waals surface area contributed by atoms with Gasteiger partial charge in [0.05, 0.1) is 4.90 Å². The number of amides is 1. The molecule has 4 rings (SSSR count). The summed E-state index contributed by atoms with van der Waals surface area (Å²) in [5.41, 5.74) is 2.18. The van der Waals surface area contributed by atoms with Crippen LogP contribution in [-0.4, -0.2) is 46.6 Å². The average molecular weight is 437 g/mol. The lowest BCUT2D eigenvalue weighted by Crippen LogP contribution is -2.31. The maximum atomic E-state index is 13.4. The zero-order valence-corrected chi connectivity index (χ0v) is 17.9. The molecular formula is C23H24N4O3S. The van der Waals surface area contributed by atoms with Crippen LogP contribution in [0.25, 0.3) is 0 Å². The second-order valence-electron chi connectivity index (χ2n) is 7.52. The molecule has 1 aromatic carbocycles. The second-order valence-corrected chi connectivity index (χ2v) is 9.45. The SMILES string of the molecule is O=C(c1cccc(S(=O)(=O)N2CCCC2)c1)N(Cc1ccncc1)Cc1cccnc1. The topological polar surface area (TPSA) is 83.5 Å². The van der Waals surface area contributed by atoms with Gasteiger partial charge in [-0.1, -0.05) is 12.1 Å². The molecule has 7 nitrogen and oxygen atoms in total. The summed E-state index contributed by atoms with van der Waals surface area (Å²) in [6.07, 6.45) is 8.51. The zero-order valence-electron chi connectivity index (χ0n) is 17.1. The summed E-state index contributed by atoms with van der Waals surface area (Å²) < 4.78 is 27.4. The van der Waals surface area contributed by atoms with E-state index in [1.54, 1.807) is 47.9 Å². The van der Waals surface area contributed by atoms with Gasteiger partial charge in [0.15, 0.2) is 0 Å². The van der Waals surface area contributed by atoms with Crippen LogP contribution >= 0.6 is 0 Å². The van der Waals surface area contributed by atoms with Gasteiger partial charge in [-0.25, -0.2) is 8.42 Å². The Hall–Kier alpha value is -3.10. The van der Waals surface area contributed by atoms with Crippen LogP contribution in [0.5, 0.6) is 0 Å². The molecule has 31 heavy (non-hydrogen) atoms. The molecule has 0 unspecified atom stereocenters. The van der Waals surface area contributed by atoms with E-state index in [-0.39, 0.29) is 10.8 Å². The van der Waals surface area contributed by atoms with Crippen molar-refractivity contribution in [2.24, 2.45) is 0 Å². The fraction of sp³-hybridized carbons (Fsp3) is 0.261. The lowest BCUT2D eigenvalue weighted by Gasteiger charge is -2.23. The number of nitrogens with zero attached hydrogens (tertiary/aromatic N) is 4. The molecular weight excluding hydrogens is 412 g/mol. The van der Waals surface area contributed by atoms with E-state index in [1.165, 1.54) is 10.4 Å². The van der Waals surface area contributed by atoms with E-state index in [9.17, 15) is 13.2 Å². The molecule has 1 amide bonds. The van der Waals surface area contributed by atoms with Gasteiger partial charge in [-0.2, -0.15) is 4.31 Å². The van der Waals surface area contributed by atoms with E-state index < -0.39 is 10.0 Å². The van der Waals surface area contributed by atoms with Gasteiger partial charge in [0.2, 0.25) is 10.0 Å². The van der Waals surface area contributed by atoms with Crippen LogP contribution in [0.4, 0.5) is 0 Å². The van der Waals surface area contributed by atoms with E-state index in [4.69, 9.17) is 0 Å². The van der Waals surface area contributed by atoms with Crippen molar-refractivity contribution in [2.75, 3.05) is 13.1 Å². The van der Waals surface area contributed by atoms with Crippen molar-refractivity contribution in [2.45, 2.75) is 30.8 Å². The molecule has 1 aliphatic heterocycles. The maximum absolute atomic E-state index is 13.4. The van der Waals surface area contributed by atoms with Crippen LogP contribution in [0.2, 0.25) is 0 Å². The minimum Gasteiger partial charge on any atom is -0.330 e. The summed E-state index contributed by atoms with van der Waals surface area (Å²) in [6.45, 7) is 1.78. The first-order valence-electron chi connectivity index (χ1n) is 10.2. The van der Waals surface area contributed by atoms with Gasteiger partial charge >= 0.3 is 0 Å². The lowest BCUT2D eigenvalue weighted by molar-refractivity contribution is 0.0729. The Morgan fingerprint density at radius 1 is 0.903 bits per heavy atom. The Labute approximate surface area is 182 Å². The second kappa shape index (κ2) is 9.36. The van der Waals surface area contributed by atoms with Crippen LogP contribution in [0.15, 0.2) is 78.2 Å². The van der Waals surface area contributed by atoms with E-state index in [0.717, 1.165) is 24.0 Å². The van der Waals surface area contributed by atoms with E-state index >= 15 is 0 Å². The maximum Gasteiger partial charge on any atom is 0.254 e. The molecule has 0 radical (unpaired) electrons. The zero-order chi connectivity index (χ0) is 21.7. The molecule has 0 aliphatic carbocycles. The number of pyridine rings is 2. The third-order valence-corrected chi connectivity index (χ3v) is 7.18. The van der Waals surface area contributed by atoms with Crippen molar-refractivity contribution < 1.29 is 13.2 Å². The van der Waals surface area contributed by atoms with Gasteiger partial charge in [-0.15, -0.1) is 0 Å². The lowest BCUT2D eigenvalue weighted by atomic mass is 10.1. The van der Waals surface area contributed by atoms with Crippen molar-refractivity contribution in [1.82, 2.24) is 19.2 Å². The molecule has 8 heteroatoms. The van der Waals surface area contributed by atoms with Gasteiger partial charge in [-0.3, -0.25) is 14.8 Å². The fourth-order valence-electron chi connectivity index (χ4n) is 3.67. The standard InChI is InChI=1S/C23H24N4O3S/c28-23(21-6-3-7-22(15-21)31(29,30)27-13-1-2-14-27)26(17-19-8-11-24-12-9-19)18-20-5-4-10-25-16-20/h3-12,15-16H,1-2,13-14,17-18H2. The Bertz CT molecular complexity index is 1090. The quantitative estimate of drug-likeness (QED) is 0.568. The third-order valence-electron chi connectivity index (χ3n) is 5.29. The fourth-order valence-corrected chi connectivity index (χ4v) is 5.23. The van der Waals surface area contributed by atoms with Crippen molar-refractivity contribution in [3.8, 4) is 0 Å². The monoisotopic (exact) mass is 436 g/mol. The molecule has 0 atom stereocenters. The van der Waals surface area contributed by atoms with Crippen molar-refractivity contribution in [3.63, 3.8) is 0 Å². The first-order chi connectivity index (χ1) is 15.0. The average Bonchev–Trinajstić information content (AvgIpc) is 3.36. The molecule has 0 N–H and O–H groups in total. The molecule has 3 aromatic rings. The molecule has 2 aromatic heterocycles. The smallest absolute Gasteiger partial charge is 0.254 e. The number of hydrogen-bond acceptors (Lipinski definition) is 5. The molecule has 3 heterocycles. The largest absolute Gasteiger partial charge is 0.330 e. The number of hydrogen-bond donors (Lipinski definition) is 0. The minimum absolute atomic E-state index is 0.158. The molecule has 1 saturated heterocycles. The summed E-state index contributed by atoms with van der Waals surface area (Å²) >= 11 is 0. The predicted octanol–water partition coefficient (Wildman–Crippen LogP) is 3.10. The van der Waals surface area contributed by atoms with Gasteiger partial charge in [-0.05, 0) is 60.4 Å². The highest BCUT2D eigenvalue weighted by Crippen LogP contribution is 2.23. The summed E-state index contributed by atoms with van der Waals surface area (Å²) in [5, 5.41) is 0. The first kappa shape index (κ1) is 21.1. The van der Waals surface area contributed by atoms with E-state index in [0.29, 0.717) is 31.7 Å². The van der Waals surface area contributed by atoms with Crippen molar-refractivity contribution in [1.29, 1.82) is 0 Å². The summed E-state index contributed by atoms with van der Waals surface area (Å²) in [6, 6.07) is 13.8. The minimum atomic E-state index is -3.59. The van der Waals surface area contributed by atoms with E-state index in [1.807, 2.05) is 24.3 Å². The molecule has 0 spiro atoms. The predicted molar refractivity (Wildman–Crippen MR) is 116 cm³/mol. The van der Waals surface area contributed by atoms with Crippen LogP contribution in [0, 0.1) is 0 Å².